The van der Waals surface area contributed by atoms with Gasteiger partial charge in [0.25, 0.3) is 23.6 Å². The Labute approximate surface area is 632 Å². The molecule has 2 aliphatic rings. The van der Waals surface area contributed by atoms with Gasteiger partial charge in [-0.1, -0.05) is 13.0 Å². The summed E-state index contributed by atoms with van der Waals surface area (Å²) in [5.74, 6) is 0.714. The number of hydrogen-bond acceptors (Lipinski definition) is 19. The summed E-state index contributed by atoms with van der Waals surface area (Å²) in [6.45, 7) is 11.7. The normalized spacial score (nSPS) is 13.8. The van der Waals surface area contributed by atoms with E-state index in [1.54, 1.807) is 90.5 Å². The highest BCUT2D eigenvalue weighted by molar-refractivity contribution is 5.92. The highest BCUT2D eigenvalue weighted by Gasteiger charge is 2.35. The Morgan fingerprint density at radius 3 is 1.04 bits per heavy atom. The zero-order valence-electron chi connectivity index (χ0n) is 60.8. The summed E-state index contributed by atoms with van der Waals surface area (Å²) < 4.78 is 161. The van der Waals surface area contributed by atoms with Crippen LogP contribution < -0.4 is 31.7 Å². The van der Waals surface area contributed by atoms with Gasteiger partial charge in [-0.3, -0.25) is 55.9 Å². The fraction of sp³-hybridized carbons (Fsp3) is 0.274. The molecule has 4 N–H and O–H groups in total. The summed E-state index contributed by atoms with van der Waals surface area (Å²) in [5, 5.41) is 23.0. The molecule has 0 unspecified atom stereocenters. The molecule has 2 saturated heterocycles. The Morgan fingerprint density at radius 2 is 0.732 bits per heavy atom. The predicted octanol–water partition coefficient (Wildman–Crippen LogP) is 12.4. The number of nitrogens with one attached hydrogen (secondary N) is 4. The third-order valence-corrected chi connectivity index (χ3v) is 16.1. The van der Waals surface area contributed by atoms with Crippen LogP contribution in [0.25, 0.3) is 70.4 Å². The van der Waals surface area contributed by atoms with Crippen molar-refractivity contribution in [2.24, 2.45) is 5.92 Å². The molecule has 0 aliphatic carbocycles. The SMILES string of the molecule is Cc1cc(-c2ncn(/C=C\C(=O)NN(C)c3ccccn3)n2)cc(C(F)(F)F)c1.Cc1cc(-c2ncn(/C=C\C(=O)NN(C)c3cnccn3)n2)cc(C(F)(F)F)c1.Cc1cc(-c2ncn(/C=C\C(=O)NN3CCC(C)CC3)n2)cc(C(F)(F)F)c1.Cc1cc(-c2ncn(/C=C\C(=O)NN3CCCC3)n2)cc(C(F)(F)F)c1. The number of anilines is 2. The zero-order valence-corrected chi connectivity index (χ0v) is 60.8. The Hall–Kier alpha value is -12.8. The maximum atomic E-state index is 13.0. The number of nitrogens with zero attached hydrogens (tertiary/aromatic N) is 19. The van der Waals surface area contributed by atoms with Gasteiger partial charge >= 0.3 is 24.7 Å². The van der Waals surface area contributed by atoms with Crippen molar-refractivity contribution in [3.05, 3.63) is 210 Å². The predicted molar refractivity (Wildman–Crippen MR) is 389 cm³/mol. The van der Waals surface area contributed by atoms with E-state index >= 15 is 0 Å². The first-order chi connectivity index (χ1) is 52.9. The maximum absolute atomic E-state index is 13.0. The lowest BCUT2D eigenvalue weighted by Crippen LogP contribution is -2.45. The summed E-state index contributed by atoms with van der Waals surface area (Å²) in [5.41, 5.74) is 10.5. The molecule has 0 atom stereocenters. The molecule has 2 fully saturated rings. The average Bonchev–Trinajstić information content (AvgIpc) is 1.51. The molecular formula is C73H73F12N23O4. The number of hydrogen-bond donors (Lipinski definition) is 4. The number of carbonyl (C=O) groups excluding carboxylic acids is 4. The van der Waals surface area contributed by atoms with Gasteiger partial charge in [0.15, 0.2) is 29.1 Å². The van der Waals surface area contributed by atoms with Crippen molar-refractivity contribution < 1.29 is 71.9 Å². The monoisotopic (exact) mass is 1560 g/mol. The highest BCUT2D eigenvalue weighted by atomic mass is 19.4. The second kappa shape index (κ2) is 37.1. The van der Waals surface area contributed by atoms with Crippen molar-refractivity contribution in [1.29, 1.82) is 0 Å². The zero-order chi connectivity index (χ0) is 81.1. The van der Waals surface area contributed by atoms with Gasteiger partial charge in [-0.15, -0.1) is 20.4 Å². The lowest BCUT2D eigenvalue weighted by Gasteiger charge is -2.29. The first-order valence-electron chi connectivity index (χ1n) is 34.0. The van der Waals surface area contributed by atoms with Crippen molar-refractivity contribution in [2.75, 3.05) is 50.3 Å². The number of pyridine rings is 1. The smallest absolute Gasteiger partial charge is 0.285 e. The number of piperidine rings is 1. The number of halogens is 12. The van der Waals surface area contributed by atoms with E-state index in [0.717, 1.165) is 100 Å². The summed E-state index contributed by atoms with van der Waals surface area (Å²) in [4.78, 5) is 76.0. The van der Waals surface area contributed by atoms with Crippen LogP contribution in [0.15, 0.2) is 165 Å². The van der Waals surface area contributed by atoms with Gasteiger partial charge in [-0.25, -0.2) is 58.6 Å². The van der Waals surface area contributed by atoms with Crippen molar-refractivity contribution in [1.82, 2.24) is 106 Å². The number of aryl methyl sites for hydroxylation is 4. The third kappa shape index (κ3) is 25.4. The van der Waals surface area contributed by atoms with Crippen LogP contribution >= 0.6 is 0 Å². The van der Waals surface area contributed by atoms with Crippen LogP contribution in [-0.4, -0.2) is 148 Å². The van der Waals surface area contributed by atoms with E-state index in [1.165, 1.54) is 122 Å². The van der Waals surface area contributed by atoms with E-state index in [4.69, 9.17) is 0 Å². The van der Waals surface area contributed by atoms with Crippen LogP contribution in [-0.2, 0) is 43.9 Å². The summed E-state index contributed by atoms with van der Waals surface area (Å²) in [7, 11) is 3.23. The van der Waals surface area contributed by atoms with Gasteiger partial charge in [0, 0.05) is 130 Å². The fourth-order valence-electron chi connectivity index (χ4n) is 10.7. The number of hydrazine groups is 4. The molecule has 27 nitrogen and oxygen atoms in total. The van der Waals surface area contributed by atoms with E-state index in [-0.39, 0.29) is 57.4 Å². The van der Waals surface area contributed by atoms with E-state index in [9.17, 15) is 71.9 Å². The Morgan fingerprint density at radius 1 is 0.411 bits per heavy atom. The molecule has 39 heteroatoms. The fourth-order valence-corrected chi connectivity index (χ4v) is 10.7. The number of amides is 4. The van der Waals surface area contributed by atoms with Crippen LogP contribution in [0, 0.1) is 33.6 Å². The minimum Gasteiger partial charge on any atom is -0.285 e. The van der Waals surface area contributed by atoms with Gasteiger partial charge in [0.2, 0.25) is 0 Å². The number of benzene rings is 4. The number of rotatable bonds is 18. The standard InChI is InChI=1S/C19H17F3N6O.C19H22F3N5O.C18H16F3N7O.C17H18F3N5O/c1-13-9-14(11-15(10-13)19(20,21)22)18-24-12-28(26-18)8-6-17(29)25-27(2)16-5-3-4-7-23-16;1-13-3-6-26(7-4-13)24-17(28)5-8-27-12-23-18(25-27)15-9-14(2)10-16(11-15)19(20,21)22;1-12-7-13(9-14(8-12)18(19,20)21)17-24-11-28(26-17)6-3-16(29)25-27(2)15-10-22-4-5-23-15;1-12-8-13(10-14(9-12)17(18,19)20)16-21-11-25(23-16)7-4-15(26)22-24-5-2-3-6-24/h3-12H,1-2H3,(H,25,29);5,8-13H,3-4,6-7H2,1-2H3,(H,24,28);3-11H,1-2H3,(H,25,29);4,7-11H,2-3,5-6H2,1H3,(H,22,26)/b8-6-;8-5-;6-3-;7-4-. The number of alkyl halides is 12. The molecule has 4 aromatic carbocycles. The summed E-state index contributed by atoms with van der Waals surface area (Å²) in [6.07, 6.45) is 8.25. The molecular weight excluding hydrogens is 1490 g/mol. The van der Waals surface area contributed by atoms with Gasteiger partial charge in [0.05, 0.1) is 28.5 Å². The van der Waals surface area contributed by atoms with Crippen molar-refractivity contribution in [3.63, 3.8) is 0 Å². The van der Waals surface area contributed by atoms with Gasteiger partial charge < -0.3 is 0 Å². The lowest BCUT2D eigenvalue weighted by molar-refractivity contribution is -0.138. The molecule has 0 saturated carbocycles. The molecule has 4 amide bonds. The van der Waals surface area contributed by atoms with Gasteiger partial charge in [-0.05, 0) is 166 Å². The van der Waals surface area contributed by atoms with Crippen LogP contribution in [0.5, 0.6) is 0 Å². The molecule has 588 valence electrons. The number of aromatic nitrogens is 15. The topological polar surface area (TPSA) is 291 Å². The van der Waals surface area contributed by atoms with Crippen LogP contribution in [0.1, 0.15) is 77.1 Å². The largest absolute Gasteiger partial charge is 0.416 e. The van der Waals surface area contributed by atoms with Gasteiger partial charge in [-0.2, -0.15) is 52.7 Å². The van der Waals surface area contributed by atoms with Gasteiger partial charge in [0.1, 0.15) is 31.1 Å². The van der Waals surface area contributed by atoms with Crippen LogP contribution in [0.4, 0.5) is 64.3 Å². The quantitative estimate of drug-likeness (QED) is 0.0353. The van der Waals surface area contributed by atoms with Crippen LogP contribution in [0.2, 0.25) is 0 Å². The first-order valence-corrected chi connectivity index (χ1v) is 34.0. The molecule has 6 aromatic heterocycles. The average molecular weight is 1560 g/mol. The van der Waals surface area contributed by atoms with E-state index in [1.807, 2.05) is 10.0 Å². The van der Waals surface area contributed by atoms with Crippen molar-refractivity contribution >= 4 is 60.1 Å². The van der Waals surface area contributed by atoms with E-state index in [2.05, 4.69) is 83.9 Å². The Bertz CT molecular complexity index is 4810. The Kier molecular flexibility index (Phi) is 27.5. The molecule has 0 spiro atoms. The third-order valence-electron chi connectivity index (χ3n) is 16.1. The van der Waals surface area contributed by atoms with Crippen molar-refractivity contribution in [2.45, 2.75) is 85.0 Å². The summed E-state index contributed by atoms with van der Waals surface area (Å²) in [6, 6.07) is 19.8. The molecule has 12 rings (SSSR count). The molecule has 2 aliphatic heterocycles. The first kappa shape index (κ1) is 83.2. The minimum absolute atomic E-state index is 0.112. The van der Waals surface area contributed by atoms with Crippen molar-refractivity contribution in [3.8, 4) is 45.6 Å². The molecule has 8 heterocycles. The van der Waals surface area contributed by atoms with Crippen LogP contribution in [0.3, 0.4) is 0 Å². The maximum Gasteiger partial charge on any atom is 0.416 e. The van der Waals surface area contributed by atoms with E-state index in [0.29, 0.717) is 39.8 Å². The lowest BCUT2D eigenvalue weighted by atomic mass is 10.0. The molecule has 10 aromatic rings. The second-order valence-corrected chi connectivity index (χ2v) is 25.4. The van der Waals surface area contributed by atoms with E-state index < -0.39 is 58.8 Å². The number of carbonyl (C=O) groups is 4. The molecule has 0 bridgehead atoms. The highest BCUT2D eigenvalue weighted by Crippen LogP contribution is 2.37. The molecule has 112 heavy (non-hydrogen) atoms. The Balaban J connectivity index is 0.000000172. The summed E-state index contributed by atoms with van der Waals surface area (Å²) >= 11 is 0. The second-order valence-electron chi connectivity index (χ2n) is 25.4. The molecule has 0 radical (unpaired) electrons. The minimum atomic E-state index is -4.46.